The highest BCUT2D eigenvalue weighted by atomic mass is 35.5. The molecule has 0 unspecified atom stereocenters. The first kappa shape index (κ1) is 16.4. The van der Waals surface area contributed by atoms with E-state index in [0.717, 1.165) is 0 Å². The number of carbonyl (C=O) groups is 2. The molecular formula is C15H12ClN3O4. The van der Waals surface area contributed by atoms with E-state index in [9.17, 15) is 19.7 Å². The van der Waals surface area contributed by atoms with Crippen LogP contribution in [0, 0.1) is 10.1 Å². The summed E-state index contributed by atoms with van der Waals surface area (Å²) in [5, 5.41) is 16.0. The van der Waals surface area contributed by atoms with E-state index in [-0.39, 0.29) is 17.9 Å². The van der Waals surface area contributed by atoms with Crippen LogP contribution in [0.3, 0.4) is 0 Å². The SMILES string of the molecule is O=C(CNC(=O)c1cccc(Cl)c1)Nc1cccc([N+](=O)[O-])c1. The minimum atomic E-state index is -0.559. The molecule has 7 nitrogen and oxygen atoms in total. The molecule has 23 heavy (non-hydrogen) atoms. The van der Waals surface area contributed by atoms with Crippen LogP contribution in [0.4, 0.5) is 11.4 Å². The summed E-state index contributed by atoms with van der Waals surface area (Å²) in [6.45, 7) is -0.270. The van der Waals surface area contributed by atoms with Gasteiger partial charge in [0, 0.05) is 28.4 Å². The summed E-state index contributed by atoms with van der Waals surface area (Å²) in [6.07, 6.45) is 0. The molecule has 0 atom stereocenters. The summed E-state index contributed by atoms with van der Waals surface area (Å²) in [4.78, 5) is 33.7. The molecule has 2 amide bonds. The second-order valence-electron chi connectivity index (χ2n) is 4.55. The summed E-state index contributed by atoms with van der Waals surface area (Å²) < 4.78 is 0. The molecule has 0 heterocycles. The number of carbonyl (C=O) groups excluding carboxylic acids is 2. The average molecular weight is 334 g/mol. The van der Waals surface area contributed by atoms with Gasteiger partial charge in [0.25, 0.3) is 11.6 Å². The standard InChI is InChI=1S/C15H12ClN3O4/c16-11-4-1-3-10(7-11)15(21)17-9-14(20)18-12-5-2-6-13(8-12)19(22)23/h1-8H,9H2,(H,17,21)(H,18,20). The summed E-state index contributed by atoms with van der Waals surface area (Å²) in [5.74, 6) is -0.942. The highest BCUT2D eigenvalue weighted by Crippen LogP contribution is 2.16. The molecule has 0 aliphatic rings. The monoisotopic (exact) mass is 333 g/mol. The van der Waals surface area contributed by atoms with Crippen molar-refractivity contribution in [3.8, 4) is 0 Å². The van der Waals surface area contributed by atoms with Gasteiger partial charge in [-0.2, -0.15) is 0 Å². The molecule has 0 saturated heterocycles. The Bertz CT molecular complexity index is 764. The molecule has 2 aromatic rings. The summed E-state index contributed by atoms with van der Waals surface area (Å²) in [7, 11) is 0. The van der Waals surface area contributed by atoms with Crippen molar-refractivity contribution < 1.29 is 14.5 Å². The number of amides is 2. The fourth-order valence-electron chi connectivity index (χ4n) is 1.79. The van der Waals surface area contributed by atoms with Gasteiger partial charge in [-0.25, -0.2) is 0 Å². The minimum absolute atomic E-state index is 0.134. The van der Waals surface area contributed by atoms with E-state index in [0.29, 0.717) is 10.6 Å². The highest BCUT2D eigenvalue weighted by molar-refractivity contribution is 6.31. The smallest absolute Gasteiger partial charge is 0.271 e. The van der Waals surface area contributed by atoms with Gasteiger partial charge in [-0.15, -0.1) is 0 Å². The highest BCUT2D eigenvalue weighted by Gasteiger charge is 2.10. The first-order chi connectivity index (χ1) is 11.0. The number of anilines is 1. The fraction of sp³-hybridized carbons (Fsp3) is 0.0667. The summed E-state index contributed by atoms with van der Waals surface area (Å²) in [6, 6.07) is 11.8. The number of hydrogen-bond acceptors (Lipinski definition) is 4. The molecule has 0 saturated carbocycles. The Morgan fingerprint density at radius 3 is 2.57 bits per heavy atom. The topological polar surface area (TPSA) is 101 Å². The third kappa shape index (κ3) is 4.79. The second kappa shape index (κ2) is 7.37. The maximum absolute atomic E-state index is 11.9. The zero-order chi connectivity index (χ0) is 16.8. The predicted molar refractivity (Wildman–Crippen MR) is 85.5 cm³/mol. The van der Waals surface area contributed by atoms with Gasteiger partial charge in [0.05, 0.1) is 11.5 Å². The molecule has 0 aliphatic carbocycles. The summed E-state index contributed by atoms with van der Waals surface area (Å²) in [5.41, 5.74) is 0.479. The maximum atomic E-state index is 11.9. The van der Waals surface area contributed by atoms with Gasteiger partial charge in [0.1, 0.15) is 0 Å². The molecule has 8 heteroatoms. The average Bonchev–Trinajstić information content (AvgIpc) is 2.53. The zero-order valence-electron chi connectivity index (χ0n) is 11.8. The van der Waals surface area contributed by atoms with Crippen molar-refractivity contribution in [2.24, 2.45) is 0 Å². The first-order valence-electron chi connectivity index (χ1n) is 6.54. The van der Waals surface area contributed by atoms with Gasteiger partial charge in [0.15, 0.2) is 0 Å². The van der Waals surface area contributed by atoms with Crippen molar-refractivity contribution in [3.63, 3.8) is 0 Å². The van der Waals surface area contributed by atoms with Gasteiger partial charge in [-0.1, -0.05) is 23.7 Å². The molecular weight excluding hydrogens is 322 g/mol. The molecule has 2 rings (SSSR count). The predicted octanol–water partition coefficient (Wildman–Crippen LogP) is 2.62. The van der Waals surface area contributed by atoms with E-state index in [1.54, 1.807) is 18.2 Å². The van der Waals surface area contributed by atoms with Gasteiger partial charge < -0.3 is 10.6 Å². The van der Waals surface area contributed by atoms with E-state index < -0.39 is 16.7 Å². The van der Waals surface area contributed by atoms with Crippen LogP contribution in [0.25, 0.3) is 0 Å². The van der Waals surface area contributed by atoms with E-state index in [1.165, 1.54) is 30.3 Å². The molecule has 0 fully saturated rings. The minimum Gasteiger partial charge on any atom is -0.343 e. The third-order valence-electron chi connectivity index (χ3n) is 2.84. The first-order valence-corrected chi connectivity index (χ1v) is 6.91. The van der Waals surface area contributed by atoms with Gasteiger partial charge >= 0.3 is 0 Å². The van der Waals surface area contributed by atoms with Crippen molar-refractivity contribution in [1.82, 2.24) is 5.32 Å². The number of nitrogens with one attached hydrogen (secondary N) is 2. The normalized spacial score (nSPS) is 9.96. The van der Waals surface area contributed by atoms with Crippen molar-refractivity contribution in [2.75, 3.05) is 11.9 Å². The molecule has 118 valence electrons. The van der Waals surface area contributed by atoms with Crippen LogP contribution < -0.4 is 10.6 Å². The summed E-state index contributed by atoms with van der Waals surface area (Å²) >= 11 is 5.78. The molecule has 0 aliphatic heterocycles. The maximum Gasteiger partial charge on any atom is 0.271 e. The van der Waals surface area contributed by atoms with Crippen molar-refractivity contribution >= 4 is 34.8 Å². The van der Waals surface area contributed by atoms with Crippen LogP contribution >= 0.6 is 11.6 Å². The zero-order valence-corrected chi connectivity index (χ0v) is 12.5. The molecule has 0 aromatic heterocycles. The van der Waals surface area contributed by atoms with E-state index in [2.05, 4.69) is 10.6 Å². The van der Waals surface area contributed by atoms with E-state index in [1.807, 2.05) is 0 Å². The van der Waals surface area contributed by atoms with Gasteiger partial charge in [-0.3, -0.25) is 19.7 Å². The Kier molecular flexibility index (Phi) is 5.27. The Hall–Kier alpha value is -2.93. The van der Waals surface area contributed by atoms with Crippen molar-refractivity contribution in [2.45, 2.75) is 0 Å². The molecule has 0 radical (unpaired) electrons. The molecule has 2 N–H and O–H groups in total. The number of benzene rings is 2. The third-order valence-corrected chi connectivity index (χ3v) is 3.07. The van der Waals surface area contributed by atoms with Crippen molar-refractivity contribution in [1.29, 1.82) is 0 Å². The van der Waals surface area contributed by atoms with Crippen LogP contribution in [-0.4, -0.2) is 23.3 Å². The fourth-order valence-corrected chi connectivity index (χ4v) is 1.99. The Balaban J connectivity index is 1.91. The van der Waals surface area contributed by atoms with E-state index >= 15 is 0 Å². The van der Waals surface area contributed by atoms with Gasteiger partial charge in [-0.05, 0) is 24.3 Å². The lowest BCUT2D eigenvalue weighted by Crippen LogP contribution is -2.32. The number of halogens is 1. The van der Waals surface area contributed by atoms with Crippen LogP contribution in [0.5, 0.6) is 0 Å². The van der Waals surface area contributed by atoms with Crippen molar-refractivity contribution in [3.05, 3.63) is 69.2 Å². The second-order valence-corrected chi connectivity index (χ2v) is 4.99. The van der Waals surface area contributed by atoms with Crippen LogP contribution in [-0.2, 0) is 4.79 Å². The molecule has 0 bridgehead atoms. The number of nitro benzene ring substituents is 1. The van der Waals surface area contributed by atoms with Gasteiger partial charge in [0.2, 0.25) is 5.91 Å². The number of non-ortho nitro benzene ring substituents is 1. The lowest BCUT2D eigenvalue weighted by molar-refractivity contribution is -0.384. The quantitative estimate of drug-likeness (QED) is 0.648. The molecule has 2 aromatic carbocycles. The molecule has 0 spiro atoms. The Morgan fingerprint density at radius 1 is 1.13 bits per heavy atom. The lowest BCUT2D eigenvalue weighted by Gasteiger charge is -2.07. The van der Waals surface area contributed by atoms with Crippen LogP contribution in [0.1, 0.15) is 10.4 Å². The number of rotatable bonds is 5. The number of nitrogens with zero attached hydrogens (tertiary/aromatic N) is 1. The lowest BCUT2D eigenvalue weighted by atomic mass is 10.2. The van der Waals surface area contributed by atoms with Crippen LogP contribution in [0.2, 0.25) is 5.02 Å². The number of hydrogen-bond donors (Lipinski definition) is 2. The Labute approximate surface area is 136 Å². The van der Waals surface area contributed by atoms with Crippen LogP contribution in [0.15, 0.2) is 48.5 Å². The Morgan fingerprint density at radius 2 is 1.87 bits per heavy atom. The largest absolute Gasteiger partial charge is 0.343 e. The number of nitro groups is 1. The van der Waals surface area contributed by atoms with E-state index in [4.69, 9.17) is 11.6 Å².